The predicted molar refractivity (Wildman–Crippen MR) is 49.4 cm³/mol. The number of carbonyl (C=O) groups is 2. The van der Waals surface area contributed by atoms with Crippen LogP contribution in [0.2, 0.25) is 0 Å². The van der Waals surface area contributed by atoms with Gasteiger partial charge in [0.1, 0.15) is 0 Å². The van der Waals surface area contributed by atoms with Crippen molar-refractivity contribution in [1.82, 2.24) is 4.90 Å². The zero-order valence-electron chi connectivity index (χ0n) is 7.52. The Balaban J connectivity index is 2.67. The first-order valence-corrected chi connectivity index (χ1v) is 5.60. The van der Waals surface area contributed by atoms with E-state index in [1.807, 2.05) is 0 Å². The number of hydrogen-bond donors (Lipinski definition) is 0. The van der Waals surface area contributed by atoms with Crippen molar-refractivity contribution in [1.29, 1.82) is 0 Å². The minimum absolute atomic E-state index is 0.291. The van der Waals surface area contributed by atoms with Crippen molar-refractivity contribution in [2.45, 2.75) is 13.0 Å². The van der Waals surface area contributed by atoms with Crippen molar-refractivity contribution in [3.63, 3.8) is 0 Å². The van der Waals surface area contributed by atoms with Gasteiger partial charge in [0.15, 0.2) is 0 Å². The van der Waals surface area contributed by atoms with Crippen LogP contribution in [0.3, 0.4) is 0 Å². The maximum Gasteiger partial charge on any atom is 0.253 e. The molecule has 2 unspecified atom stereocenters. The highest BCUT2D eigenvalue weighted by Crippen LogP contribution is 2.09. The van der Waals surface area contributed by atoms with E-state index in [2.05, 4.69) is 0 Å². The molecule has 1 aliphatic rings. The van der Waals surface area contributed by atoms with E-state index in [0.717, 1.165) is 4.90 Å². The fourth-order valence-corrected chi connectivity index (χ4v) is 2.09. The molecule has 0 radical (unpaired) electrons. The van der Waals surface area contributed by atoms with Crippen LogP contribution in [0, 0.1) is 0 Å². The van der Waals surface area contributed by atoms with E-state index in [-0.39, 0.29) is 17.9 Å². The molecule has 0 spiro atoms. The summed E-state index contributed by atoms with van der Waals surface area (Å²) in [5, 5.41) is 0. The Morgan fingerprint density at radius 1 is 1.38 bits per heavy atom. The number of amides is 2. The van der Waals surface area contributed by atoms with Crippen molar-refractivity contribution in [3.05, 3.63) is 12.2 Å². The molecule has 0 aromatic heterocycles. The van der Waals surface area contributed by atoms with Gasteiger partial charge in [0.05, 0.1) is 0 Å². The van der Waals surface area contributed by atoms with Gasteiger partial charge in [-0.05, 0) is 6.92 Å². The van der Waals surface area contributed by atoms with Crippen LogP contribution in [0.25, 0.3) is 0 Å². The van der Waals surface area contributed by atoms with E-state index < -0.39 is 10.8 Å². The Morgan fingerprint density at radius 2 is 1.85 bits per heavy atom. The van der Waals surface area contributed by atoms with Gasteiger partial charge in [-0.3, -0.25) is 18.7 Å². The minimum atomic E-state index is -0.995. The van der Waals surface area contributed by atoms with Gasteiger partial charge in [0.2, 0.25) is 0 Å². The molecular weight excluding hydrogens is 190 g/mol. The molecule has 0 aromatic rings. The third-order valence-electron chi connectivity index (χ3n) is 1.76. The molecule has 1 aliphatic heterocycles. The summed E-state index contributed by atoms with van der Waals surface area (Å²) >= 11 is 0. The lowest BCUT2D eigenvalue weighted by molar-refractivity contribution is -0.138. The average Bonchev–Trinajstić information content (AvgIpc) is 2.29. The molecule has 0 N–H and O–H groups in total. The summed E-state index contributed by atoms with van der Waals surface area (Å²) in [5.41, 5.74) is 0. The van der Waals surface area contributed by atoms with Crippen LogP contribution in [-0.4, -0.2) is 39.0 Å². The van der Waals surface area contributed by atoms with Crippen molar-refractivity contribution in [2.75, 3.05) is 12.0 Å². The number of nitrogens with zero attached hydrogens (tertiary/aromatic N) is 1. The molecule has 2 atom stereocenters. The largest absolute Gasteiger partial charge is 0.272 e. The number of imide groups is 1. The van der Waals surface area contributed by atoms with Crippen molar-refractivity contribution in [2.24, 2.45) is 0 Å². The lowest BCUT2D eigenvalue weighted by Gasteiger charge is -2.20. The second kappa shape index (κ2) is 3.83. The van der Waals surface area contributed by atoms with Gasteiger partial charge in [-0.1, -0.05) is 0 Å². The first-order valence-electron chi connectivity index (χ1n) is 3.87. The molecule has 4 nitrogen and oxygen atoms in total. The topological polar surface area (TPSA) is 54.5 Å². The number of hydrogen-bond acceptors (Lipinski definition) is 3. The maximum atomic E-state index is 11.1. The maximum absolute atomic E-state index is 11.1. The lowest BCUT2D eigenvalue weighted by atomic mass is 10.3. The summed E-state index contributed by atoms with van der Waals surface area (Å²) in [6, 6.07) is -0.291. The zero-order chi connectivity index (χ0) is 10.0. The molecule has 0 aromatic carbocycles. The van der Waals surface area contributed by atoms with Crippen LogP contribution in [0.1, 0.15) is 6.92 Å². The highest BCUT2D eigenvalue weighted by Gasteiger charge is 2.28. The van der Waals surface area contributed by atoms with Gasteiger partial charge in [-0.2, -0.15) is 0 Å². The molecule has 13 heavy (non-hydrogen) atoms. The first-order chi connectivity index (χ1) is 6.02. The smallest absolute Gasteiger partial charge is 0.253 e. The van der Waals surface area contributed by atoms with Gasteiger partial charge in [0, 0.05) is 41.0 Å². The Hall–Kier alpha value is -0.970. The van der Waals surface area contributed by atoms with E-state index in [0.29, 0.717) is 5.75 Å². The third-order valence-corrected chi connectivity index (χ3v) is 2.71. The zero-order valence-corrected chi connectivity index (χ0v) is 8.34. The summed E-state index contributed by atoms with van der Waals surface area (Å²) in [4.78, 5) is 23.4. The van der Waals surface area contributed by atoms with Crippen LogP contribution in [0.15, 0.2) is 12.2 Å². The Morgan fingerprint density at radius 3 is 2.23 bits per heavy atom. The molecule has 72 valence electrons. The third kappa shape index (κ3) is 2.24. The second-order valence-electron chi connectivity index (χ2n) is 2.97. The van der Waals surface area contributed by atoms with Crippen molar-refractivity contribution < 1.29 is 13.8 Å². The number of rotatable bonds is 3. The van der Waals surface area contributed by atoms with Gasteiger partial charge < -0.3 is 0 Å². The summed E-state index contributed by atoms with van der Waals surface area (Å²) in [7, 11) is -0.995. The molecule has 2 amide bonds. The average molecular weight is 201 g/mol. The summed E-state index contributed by atoms with van der Waals surface area (Å²) in [6.07, 6.45) is 4.02. The number of carbonyl (C=O) groups excluding carboxylic acids is 2. The van der Waals surface area contributed by atoms with Crippen LogP contribution in [0.4, 0.5) is 0 Å². The molecule has 5 heteroatoms. The highest BCUT2D eigenvalue weighted by molar-refractivity contribution is 7.84. The summed E-state index contributed by atoms with van der Waals surface area (Å²) < 4.78 is 10.9. The Bertz CT molecular complexity index is 280. The standard InChI is InChI=1S/C8H11NO3S/c1-6(5-13(2)12)9-7(10)3-4-8(9)11/h3-4,6H,5H2,1-2H3. The fourth-order valence-electron chi connectivity index (χ4n) is 1.26. The van der Waals surface area contributed by atoms with Crippen LogP contribution in [0.5, 0.6) is 0 Å². The van der Waals surface area contributed by atoms with E-state index in [1.165, 1.54) is 12.2 Å². The van der Waals surface area contributed by atoms with Gasteiger partial charge in [0.25, 0.3) is 11.8 Å². The first kappa shape index (κ1) is 10.1. The Labute approximate surface area is 79.1 Å². The SMILES string of the molecule is CC(CS(C)=O)N1C(=O)C=CC1=O. The second-order valence-corrected chi connectivity index (χ2v) is 4.45. The van der Waals surface area contributed by atoms with Gasteiger partial charge in [-0.25, -0.2) is 0 Å². The normalized spacial score (nSPS) is 20.9. The Kier molecular flexibility index (Phi) is 2.98. The molecule has 0 aliphatic carbocycles. The van der Waals surface area contributed by atoms with Crippen molar-refractivity contribution >= 4 is 22.6 Å². The van der Waals surface area contributed by atoms with Gasteiger partial charge >= 0.3 is 0 Å². The fraction of sp³-hybridized carbons (Fsp3) is 0.500. The molecule has 1 rings (SSSR count). The molecule has 0 saturated carbocycles. The van der Waals surface area contributed by atoms with Crippen molar-refractivity contribution in [3.8, 4) is 0 Å². The monoisotopic (exact) mass is 201 g/mol. The molecular formula is C8H11NO3S. The summed E-state index contributed by atoms with van der Waals surface area (Å²) in [5.74, 6) is -0.301. The predicted octanol–water partition coefficient (Wildman–Crippen LogP) is -0.322. The lowest BCUT2D eigenvalue weighted by Crippen LogP contribution is -2.41. The van der Waals surface area contributed by atoms with E-state index in [4.69, 9.17) is 0 Å². The van der Waals surface area contributed by atoms with E-state index in [1.54, 1.807) is 13.2 Å². The molecule has 0 bridgehead atoms. The van der Waals surface area contributed by atoms with Crippen LogP contribution >= 0.6 is 0 Å². The van der Waals surface area contributed by atoms with E-state index in [9.17, 15) is 13.8 Å². The van der Waals surface area contributed by atoms with Gasteiger partial charge in [-0.15, -0.1) is 0 Å². The van der Waals surface area contributed by atoms with E-state index >= 15 is 0 Å². The highest BCUT2D eigenvalue weighted by atomic mass is 32.2. The molecule has 0 fully saturated rings. The molecule has 0 saturated heterocycles. The van der Waals surface area contributed by atoms with Crippen LogP contribution < -0.4 is 0 Å². The van der Waals surface area contributed by atoms with Crippen LogP contribution in [-0.2, 0) is 20.4 Å². The minimum Gasteiger partial charge on any atom is -0.272 e. The quantitative estimate of drug-likeness (QED) is 0.588. The summed E-state index contributed by atoms with van der Waals surface area (Å²) in [6.45, 7) is 1.71. The molecule has 1 heterocycles.